The van der Waals surface area contributed by atoms with E-state index in [-0.39, 0.29) is 23.6 Å². The summed E-state index contributed by atoms with van der Waals surface area (Å²) in [6.07, 6.45) is 1.23. The predicted molar refractivity (Wildman–Crippen MR) is 69.8 cm³/mol. The highest BCUT2D eigenvalue weighted by Crippen LogP contribution is 2.36. The van der Waals surface area contributed by atoms with Crippen LogP contribution in [0.2, 0.25) is 0 Å². The minimum Gasteiger partial charge on any atom is -0.507 e. The molecule has 0 spiro atoms. The second kappa shape index (κ2) is 5.59. The van der Waals surface area contributed by atoms with Gasteiger partial charge in [0.2, 0.25) is 0 Å². The molecule has 4 nitrogen and oxygen atoms in total. The van der Waals surface area contributed by atoms with Gasteiger partial charge in [0.1, 0.15) is 11.5 Å². The predicted octanol–water partition coefficient (Wildman–Crippen LogP) is 2.27. The topological polar surface area (TPSA) is 52.9 Å². The average Bonchev–Trinajstić information content (AvgIpc) is 2.38. The number of nitrogens with zero attached hydrogens (tertiary/aromatic N) is 1. The highest BCUT2D eigenvalue weighted by atomic mass is 16.5. The Balaban J connectivity index is 2.17. The molecule has 1 aliphatic heterocycles. The fourth-order valence-electron chi connectivity index (χ4n) is 2.49. The van der Waals surface area contributed by atoms with Crippen molar-refractivity contribution in [3.05, 3.63) is 23.8 Å². The summed E-state index contributed by atoms with van der Waals surface area (Å²) < 4.78 is 5.64. The van der Waals surface area contributed by atoms with Crippen LogP contribution < -0.4 is 0 Å². The molecule has 4 heteroatoms. The lowest BCUT2D eigenvalue weighted by atomic mass is 10.0. The van der Waals surface area contributed by atoms with E-state index in [2.05, 4.69) is 11.8 Å². The summed E-state index contributed by atoms with van der Waals surface area (Å²) in [5.41, 5.74) is 0.606. The molecule has 18 heavy (non-hydrogen) atoms. The highest BCUT2D eigenvalue weighted by molar-refractivity contribution is 5.45. The van der Waals surface area contributed by atoms with Crippen molar-refractivity contribution < 1.29 is 14.9 Å². The van der Waals surface area contributed by atoms with Gasteiger partial charge < -0.3 is 14.9 Å². The van der Waals surface area contributed by atoms with Crippen molar-refractivity contribution in [1.29, 1.82) is 0 Å². The standard InChI is InChI=1S/C14H21NO3/c1-3-11-9-15(7-8-18-11)10(2)14-12(16)5-4-6-13(14)17/h4-6,10-11,16-17H,3,7-9H2,1-2H3. The average molecular weight is 251 g/mol. The van der Waals surface area contributed by atoms with E-state index in [9.17, 15) is 10.2 Å². The molecule has 2 N–H and O–H groups in total. The van der Waals surface area contributed by atoms with Crippen molar-refractivity contribution in [2.75, 3.05) is 19.7 Å². The van der Waals surface area contributed by atoms with Crippen LogP contribution in [-0.2, 0) is 4.74 Å². The van der Waals surface area contributed by atoms with Crippen LogP contribution in [0.5, 0.6) is 11.5 Å². The Hall–Kier alpha value is -1.26. The number of phenols is 2. The Labute approximate surface area is 108 Å². The minimum atomic E-state index is -0.0100. The van der Waals surface area contributed by atoms with Gasteiger partial charge in [0, 0.05) is 19.1 Å². The molecular weight excluding hydrogens is 230 g/mol. The van der Waals surface area contributed by atoms with Gasteiger partial charge in [0.15, 0.2) is 0 Å². The van der Waals surface area contributed by atoms with E-state index in [1.807, 2.05) is 6.92 Å². The summed E-state index contributed by atoms with van der Waals surface area (Å²) in [7, 11) is 0. The number of phenolic OH excluding ortho intramolecular Hbond substituents is 2. The van der Waals surface area contributed by atoms with Crippen molar-refractivity contribution in [1.82, 2.24) is 4.90 Å². The molecule has 1 aliphatic rings. The Bertz CT molecular complexity index is 388. The molecule has 0 bridgehead atoms. The Morgan fingerprint density at radius 3 is 2.67 bits per heavy atom. The van der Waals surface area contributed by atoms with Crippen molar-refractivity contribution in [3.8, 4) is 11.5 Å². The van der Waals surface area contributed by atoms with Gasteiger partial charge in [-0.15, -0.1) is 0 Å². The maximum atomic E-state index is 9.90. The summed E-state index contributed by atoms with van der Waals surface area (Å²) in [4.78, 5) is 2.24. The molecule has 0 saturated carbocycles. The summed E-state index contributed by atoms with van der Waals surface area (Å²) >= 11 is 0. The number of ether oxygens (including phenoxy) is 1. The van der Waals surface area contributed by atoms with Gasteiger partial charge in [0.05, 0.1) is 18.3 Å². The summed E-state index contributed by atoms with van der Waals surface area (Å²) in [5.74, 6) is 0.309. The van der Waals surface area contributed by atoms with E-state index in [0.717, 1.165) is 19.5 Å². The van der Waals surface area contributed by atoms with Gasteiger partial charge >= 0.3 is 0 Å². The van der Waals surface area contributed by atoms with Crippen molar-refractivity contribution in [2.45, 2.75) is 32.4 Å². The van der Waals surface area contributed by atoms with E-state index < -0.39 is 0 Å². The van der Waals surface area contributed by atoms with Crippen LogP contribution in [0.1, 0.15) is 31.9 Å². The first-order chi connectivity index (χ1) is 8.63. The van der Waals surface area contributed by atoms with Crippen molar-refractivity contribution >= 4 is 0 Å². The first-order valence-electron chi connectivity index (χ1n) is 6.50. The monoisotopic (exact) mass is 251 g/mol. The molecule has 100 valence electrons. The molecule has 1 saturated heterocycles. The lowest BCUT2D eigenvalue weighted by molar-refractivity contribution is -0.0429. The van der Waals surface area contributed by atoms with E-state index in [1.165, 1.54) is 0 Å². The van der Waals surface area contributed by atoms with E-state index >= 15 is 0 Å². The third-order valence-corrected chi connectivity index (χ3v) is 3.65. The normalized spacial score (nSPS) is 22.9. The van der Waals surface area contributed by atoms with Crippen LogP contribution in [0.3, 0.4) is 0 Å². The zero-order chi connectivity index (χ0) is 13.1. The fourth-order valence-corrected chi connectivity index (χ4v) is 2.49. The first-order valence-corrected chi connectivity index (χ1v) is 6.50. The van der Waals surface area contributed by atoms with E-state index in [1.54, 1.807) is 18.2 Å². The second-order valence-corrected chi connectivity index (χ2v) is 4.78. The fraction of sp³-hybridized carbons (Fsp3) is 0.571. The largest absolute Gasteiger partial charge is 0.507 e. The molecule has 2 rings (SSSR count). The maximum Gasteiger partial charge on any atom is 0.124 e. The molecule has 0 radical (unpaired) electrons. The molecule has 0 amide bonds. The number of aromatic hydroxyl groups is 2. The van der Waals surface area contributed by atoms with Crippen LogP contribution in [0.15, 0.2) is 18.2 Å². The molecule has 0 aliphatic carbocycles. The summed E-state index contributed by atoms with van der Waals surface area (Å²) in [6.45, 7) is 6.48. The number of hydrogen-bond acceptors (Lipinski definition) is 4. The summed E-state index contributed by atoms with van der Waals surface area (Å²) in [5, 5.41) is 19.8. The number of rotatable bonds is 3. The zero-order valence-electron chi connectivity index (χ0n) is 11.0. The van der Waals surface area contributed by atoms with Crippen LogP contribution in [0, 0.1) is 0 Å². The number of hydrogen-bond donors (Lipinski definition) is 2. The molecule has 2 atom stereocenters. The van der Waals surface area contributed by atoms with Gasteiger partial charge in [0.25, 0.3) is 0 Å². The van der Waals surface area contributed by atoms with Crippen LogP contribution >= 0.6 is 0 Å². The van der Waals surface area contributed by atoms with Crippen LogP contribution in [0.25, 0.3) is 0 Å². The molecule has 1 aromatic carbocycles. The summed E-state index contributed by atoms with van der Waals surface area (Å²) in [6, 6.07) is 4.87. The third-order valence-electron chi connectivity index (χ3n) is 3.65. The number of morpholine rings is 1. The molecule has 1 fully saturated rings. The highest BCUT2D eigenvalue weighted by Gasteiger charge is 2.26. The quantitative estimate of drug-likeness (QED) is 0.865. The first kappa shape index (κ1) is 13.2. The van der Waals surface area contributed by atoms with E-state index in [0.29, 0.717) is 12.2 Å². The number of benzene rings is 1. The molecule has 1 heterocycles. The van der Waals surface area contributed by atoms with Crippen LogP contribution in [-0.4, -0.2) is 40.9 Å². The molecule has 0 aromatic heterocycles. The lowest BCUT2D eigenvalue weighted by Gasteiger charge is -2.37. The lowest BCUT2D eigenvalue weighted by Crippen LogP contribution is -2.43. The molecule has 1 aromatic rings. The Kier molecular flexibility index (Phi) is 4.09. The van der Waals surface area contributed by atoms with Gasteiger partial charge in [-0.25, -0.2) is 0 Å². The van der Waals surface area contributed by atoms with E-state index in [4.69, 9.17) is 4.74 Å². The third kappa shape index (κ3) is 2.60. The maximum absolute atomic E-state index is 9.90. The van der Waals surface area contributed by atoms with Crippen molar-refractivity contribution in [3.63, 3.8) is 0 Å². The van der Waals surface area contributed by atoms with Gasteiger partial charge in [-0.05, 0) is 25.5 Å². The second-order valence-electron chi connectivity index (χ2n) is 4.78. The molecule has 2 unspecified atom stereocenters. The minimum absolute atomic E-state index is 0.0100. The van der Waals surface area contributed by atoms with Gasteiger partial charge in [-0.1, -0.05) is 13.0 Å². The van der Waals surface area contributed by atoms with Gasteiger partial charge in [-0.3, -0.25) is 4.90 Å². The smallest absolute Gasteiger partial charge is 0.124 e. The molecular formula is C14H21NO3. The Morgan fingerprint density at radius 2 is 2.06 bits per heavy atom. The Morgan fingerprint density at radius 1 is 1.39 bits per heavy atom. The SMILES string of the molecule is CCC1CN(C(C)c2c(O)cccc2O)CCO1. The van der Waals surface area contributed by atoms with Crippen LogP contribution in [0.4, 0.5) is 0 Å². The van der Waals surface area contributed by atoms with Gasteiger partial charge in [-0.2, -0.15) is 0 Å². The van der Waals surface area contributed by atoms with Crippen molar-refractivity contribution in [2.24, 2.45) is 0 Å². The zero-order valence-corrected chi connectivity index (χ0v) is 11.0.